The zero-order valence-corrected chi connectivity index (χ0v) is 21.6. The lowest BCUT2D eigenvalue weighted by atomic mass is 9.98. The molecule has 1 aromatic carbocycles. The number of aromatic nitrogens is 2. The van der Waals surface area contributed by atoms with Crippen molar-refractivity contribution in [1.29, 1.82) is 0 Å². The standard InChI is InChI=1S/C23H26N3O6PS2/c1-2-3-12-35(30)20-14-18-21(22(20)24)17(13-19(26-18)23-25-8-11-34-23)15-4-6-16(7-5-15)31-9-10-32-33(27,28)29/h4-8,11,13H,2-3,9-10,12,14,24H2,1H3,(H2,27,28,29). The number of thiazole rings is 1. The third-order valence-electron chi connectivity index (χ3n) is 5.38. The Morgan fingerprint density at radius 2 is 2.00 bits per heavy atom. The molecular formula is C23H26N3O6PS2. The molecule has 2 aromatic heterocycles. The molecule has 0 radical (unpaired) electrons. The molecule has 0 amide bonds. The Morgan fingerprint density at radius 3 is 2.66 bits per heavy atom. The average Bonchev–Trinajstić information content (AvgIpc) is 3.48. The van der Waals surface area contributed by atoms with Crippen LogP contribution in [0.3, 0.4) is 0 Å². The predicted octanol–water partition coefficient (Wildman–Crippen LogP) is 4.09. The lowest BCUT2D eigenvalue weighted by Gasteiger charge is -2.13. The number of ether oxygens (including phenoxy) is 1. The van der Waals surface area contributed by atoms with Gasteiger partial charge in [-0.15, -0.1) is 11.3 Å². The minimum Gasteiger partial charge on any atom is -0.491 e. The maximum Gasteiger partial charge on any atom is 0.469 e. The summed E-state index contributed by atoms with van der Waals surface area (Å²) in [5.41, 5.74) is 11.1. The van der Waals surface area contributed by atoms with Crippen molar-refractivity contribution >= 4 is 35.7 Å². The van der Waals surface area contributed by atoms with Crippen LogP contribution in [0.4, 0.5) is 0 Å². The number of rotatable bonds is 11. The van der Waals surface area contributed by atoms with E-state index in [9.17, 15) is 8.77 Å². The molecule has 12 heteroatoms. The maximum absolute atomic E-state index is 12.9. The van der Waals surface area contributed by atoms with Crippen LogP contribution in [0.2, 0.25) is 0 Å². The lowest BCUT2D eigenvalue weighted by molar-refractivity contribution is 0.160. The van der Waals surface area contributed by atoms with Gasteiger partial charge in [-0.3, -0.25) is 8.73 Å². The molecule has 4 rings (SSSR count). The van der Waals surface area contributed by atoms with Crippen molar-refractivity contribution in [1.82, 2.24) is 9.97 Å². The normalized spacial score (nSPS) is 14.3. The molecule has 0 spiro atoms. The first-order valence-corrected chi connectivity index (χ1v) is 14.7. The van der Waals surface area contributed by atoms with Crippen LogP contribution in [0.5, 0.6) is 5.75 Å². The largest absolute Gasteiger partial charge is 0.491 e. The lowest BCUT2D eigenvalue weighted by Crippen LogP contribution is -2.06. The third kappa shape index (κ3) is 6.24. The number of nitrogens with two attached hydrogens (primary N) is 1. The van der Waals surface area contributed by atoms with Crippen molar-refractivity contribution in [3.8, 4) is 27.6 Å². The molecule has 2 heterocycles. The summed E-state index contributed by atoms with van der Waals surface area (Å²) in [7, 11) is -5.68. The number of hydrogen-bond acceptors (Lipinski definition) is 8. The summed E-state index contributed by atoms with van der Waals surface area (Å²) >= 11 is 1.49. The Bertz CT molecular complexity index is 1290. The van der Waals surface area contributed by atoms with Crippen molar-refractivity contribution in [3.05, 3.63) is 58.1 Å². The van der Waals surface area contributed by atoms with Gasteiger partial charge in [0.2, 0.25) is 0 Å². The fourth-order valence-electron chi connectivity index (χ4n) is 3.75. The Balaban J connectivity index is 1.64. The van der Waals surface area contributed by atoms with E-state index in [1.165, 1.54) is 11.3 Å². The van der Waals surface area contributed by atoms with Crippen molar-refractivity contribution in [3.63, 3.8) is 0 Å². The Hall–Kier alpha value is -2.40. The minimum atomic E-state index is -4.52. The minimum absolute atomic E-state index is 0.00801. The van der Waals surface area contributed by atoms with Crippen LogP contribution in [0.25, 0.3) is 27.5 Å². The van der Waals surface area contributed by atoms with Gasteiger partial charge < -0.3 is 20.3 Å². The van der Waals surface area contributed by atoms with Crippen LogP contribution in [0.1, 0.15) is 31.0 Å². The van der Waals surface area contributed by atoms with Gasteiger partial charge in [-0.25, -0.2) is 14.5 Å². The highest BCUT2D eigenvalue weighted by Gasteiger charge is 2.29. The molecule has 35 heavy (non-hydrogen) atoms. The van der Waals surface area contributed by atoms with E-state index in [0.717, 1.165) is 50.8 Å². The van der Waals surface area contributed by atoms with Crippen molar-refractivity contribution < 1.29 is 27.8 Å². The first-order valence-electron chi connectivity index (χ1n) is 11.0. The number of unbranched alkanes of at least 4 members (excludes halogenated alkanes) is 1. The van der Waals surface area contributed by atoms with Gasteiger partial charge in [0, 0.05) is 34.2 Å². The van der Waals surface area contributed by atoms with E-state index < -0.39 is 18.6 Å². The number of nitrogens with zero attached hydrogens (tertiary/aromatic N) is 2. The zero-order chi connectivity index (χ0) is 25.0. The molecular weight excluding hydrogens is 509 g/mol. The first-order chi connectivity index (χ1) is 16.8. The number of pyridine rings is 1. The second-order valence-electron chi connectivity index (χ2n) is 7.83. The Labute approximate surface area is 209 Å². The fraction of sp³-hybridized carbons (Fsp3) is 0.304. The number of phosphoric acid groups is 1. The summed E-state index contributed by atoms with van der Waals surface area (Å²) in [4.78, 5) is 27.5. The molecule has 3 aromatic rings. The summed E-state index contributed by atoms with van der Waals surface area (Å²) in [6.07, 6.45) is 4.01. The summed E-state index contributed by atoms with van der Waals surface area (Å²) < 4.78 is 33.6. The molecule has 0 saturated carbocycles. The maximum atomic E-state index is 12.9. The second kappa shape index (κ2) is 11.1. The number of fused-ring (bicyclic) bond motifs is 1. The van der Waals surface area contributed by atoms with E-state index >= 15 is 0 Å². The molecule has 1 atom stereocenters. The Morgan fingerprint density at radius 1 is 1.23 bits per heavy atom. The van der Waals surface area contributed by atoms with Crippen LogP contribution in [0.15, 0.2) is 46.8 Å². The Kier molecular flexibility index (Phi) is 8.16. The quantitative estimate of drug-likeness (QED) is 0.244. The number of benzene rings is 1. The summed E-state index contributed by atoms with van der Waals surface area (Å²) in [6, 6.07) is 9.22. The van der Waals surface area contributed by atoms with Crippen LogP contribution < -0.4 is 10.5 Å². The molecule has 4 N–H and O–H groups in total. The topological polar surface area (TPSA) is 145 Å². The van der Waals surface area contributed by atoms with E-state index in [0.29, 0.717) is 23.6 Å². The molecule has 1 unspecified atom stereocenters. The molecule has 186 valence electrons. The molecule has 1 aliphatic carbocycles. The fourth-order valence-corrected chi connectivity index (χ4v) is 6.10. The smallest absolute Gasteiger partial charge is 0.469 e. The molecule has 0 fully saturated rings. The second-order valence-corrected chi connectivity index (χ2v) is 11.6. The molecule has 0 saturated heterocycles. The van der Waals surface area contributed by atoms with E-state index in [-0.39, 0.29) is 13.2 Å². The SMILES string of the molecule is CCCCS(=O)C1=C(N)c2c(-c3ccc(OCCOP(=O)(O)O)cc3)cc(-c3nccs3)nc2C1. The van der Waals surface area contributed by atoms with Crippen LogP contribution >= 0.6 is 19.2 Å². The van der Waals surface area contributed by atoms with Gasteiger partial charge in [0.25, 0.3) is 0 Å². The van der Waals surface area contributed by atoms with E-state index in [4.69, 9.17) is 25.2 Å². The highest BCUT2D eigenvalue weighted by molar-refractivity contribution is 7.89. The number of phosphoric ester groups is 1. The highest BCUT2D eigenvalue weighted by Crippen LogP contribution is 2.40. The molecule has 0 aliphatic heterocycles. The zero-order valence-electron chi connectivity index (χ0n) is 19.0. The highest BCUT2D eigenvalue weighted by atomic mass is 32.2. The van der Waals surface area contributed by atoms with Gasteiger partial charge in [-0.05, 0) is 35.7 Å². The van der Waals surface area contributed by atoms with Crippen LogP contribution in [0, 0.1) is 0 Å². The predicted molar refractivity (Wildman–Crippen MR) is 137 cm³/mol. The third-order valence-corrected chi connectivity index (χ3v) is 8.27. The molecule has 9 nitrogen and oxygen atoms in total. The summed E-state index contributed by atoms with van der Waals surface area (Å²) in [5, 5.41) is 2.68. The van der Waals surface area contributed by atoms with Gasteiger partial charge >= 0.3 is 7.82 Å². The summed E-state index contributed by atoms with van der Waals surface area (Å²) in [6.45, 7) is 1.82. The first kappa shape index (κ1) is 25.7. The van der Waals surface area contributed by atoms with Crippen molar-refractivity contribution in [2.75, 3.05) is 19.0 Å². The van der Waals surface area contributed by atoms with Gasteiger partial charge in [-0.1, -0.05) is 25.5 Å². The van der Waals surface area contributed by atoms with Gasteiger partial charge in [-0.2, -0.15) is 0 Å². The number of allylic oxidation sites excluding steroid dienone is 1. The van der Waals surface area contributed by atoms with Gasteiger partial charge in [0.1, 0.15) is 17.4 Å². The molecule has 1 aliphatic rings. The summed E-state index contributed by atoms with van der Waals surface area (Å²) in [5.74, 6) is 1.10. The molecule has 0 bridgehead atoms. The van der Waals surface area contributed by atoms with Crippen molar-refractivity contribution in [2.45, 2.75) is 26.2 Å². The van der Waals surface area contributed by atoms with Gasteiger partial charge in [0.05, 0.1) is 34.5 Å². The van der Waals surface area contributed by atoms with Crippen LogP contribution in [-0.2, 0) is 26.3 Å². The average molecular weight is 536 g/mol. The van der Waals surface area contributed by atoms with E-state index in [1.54, 1.807) is 18.3 Å². The van der Waals surface area contributed by atoms with Crippen LogP contribution in [-0.4, -0.2) is 42.9 Å². The monoisotopic (exact) mass is 535 g/mol. The van der Waals surface area contributed by atoms with Gasteiger partial charge in [0.15, 0.2) is 0 Å². The van der Waals surface area contributed by atoms with E-state index in [1.807, 2.05) is 23.6 Å². The van der Waals surface area contributed by atoms with Crippen molar-refractivity contribution in [2.24, 2.45) is 5.73 Å². The number of hydrogen-bond donors (Lipinski definition) is 3. The van der Waals surface area contributed by atoms with E-state index in [2.05, 4.69) is 16.4 Å².